The lowest BCUT2D eigenvalue weighted by Gasteiger charge is -2.11. The first-order valence-electron chi connectivity index (χ1n) is 9.80. The van der Waals surface area contributed by atoms with Crippen LogP contribution in [0.1, 0.15) is 47.5 Å². The van der Waals surface area contributed by atoms with Crippen LogP contribution in [0.25, 0.3) is 22.0 Å². The summed E-state index contributed by atoms with van der Waals surface area (Å²) in [7, 11) is 0. The predicted molar refractivity (Wildman–Crippen MR) is 113 cm³/mol. The molecular weight excluding hydrogens is 398 g/mol. The molecule has 2 aromatic heterocycles. The van der Waals surface area contributed by atoms with Crippen molar-refractivity contribution in [1.82, 2.24) is 10.3 Å². The van der Waals surface area contributed by atoms with Gasteiger partial charge < -0.3 is 19.7 Å². The number of fused-ring (bicyclic) bond motifs is 2. The lowest BCUT2D eigenvalue weighted by Crippen LogP contribution is -2.36. The molecule has 4 aromatic rings. The number of aromatic nitrogens is 2. The molecule has 0 bridgehead atoms. The molecule has 0 aliphatic heterocycles. The van der Waals surface area contributed by atoms with Crippen LogP contribution >= 0.6 is 0 Å². The number of hydrogen-bond acceptors (Lipinski definition) is 6. The standard InChI is InChI=1S/C23H21N3O5/c1-13-22(25-19-6-4-5-7-20(19)26(13)29)23(28)24-12-18-11-17-10-16(8-9-21(17)31-18)14(2)30-15(3)27/h4-11,14H,12H2,1-3H3,(H,24,28). The molecule has 31 heavy (non-hydrogen) atoms. The number of para-hydroxylation sites is 2. The van der Waals surface area contributed by atoms with E-state index in [0.717, 1.165) is 10.9 Å². The molecule has 0 saturated carbocycles. The van der Waals surface area contributed by atoms with Gasteiger partial charge in [0.1, 0.15) is 23.0 Å². The van der Waals surface area contributed by atoms with Crippen LogP contribution in [0.15, 0.2) is 52.9 Å². The van der Waals surface area contributed by atoms with E-state index in [4.69, 9.17) is 9.15 Å². The molecule has 1 unspecified atom stereocenters. The number of furan rings is 1. The number of nitrogens with one attached hydrogen (secondary N) is 1. The van der Waals surface area contributed by atoms with Crippen LogP contribution in [-0.2, 0) is 16.1 Å². The Morgan fingerprint density at radius 3 is 2.77 bits per heavy atom. The van der Waals surface area contributed by atoms with E-state index in [-0.39, 0.29) is 30.0 Å². The number of carbonyl (C=O) groups excluding carboxylic acids is 2. The Hall–Kier alpha value is -3.94. The third kappa shape index (κ3) is 4.05. The highest BCUT2D eigenvalue weighted by Gasteiger charge is 2.21. The third-order valence-electron chi connectivity index (χ3n) is 5.02. The molecule has 0 aliphatic rings. The van der Waals surface area contributed by atoms with Gasteiger partial charge in [0.05, 0.1) is 6.54 Å². The van der Waals surface area contributed by atoms with Gasteiger partial charge in [0, 0.05) is 25.3 Å². The van der Waals surface area contributed by atoms with Crippen molar-refractivity contribution in [3.63, 3.8) is 0 Å². The summed E-state index contributed by atoms with van der Waals surface area (Å²) < 4.78 is 11.7. The fourth-order valence-electron chi connectivity index (χ4n) is 3.45. The summed E-state index contributed by atoms with van der Waals surface area (Å²) >= 11 is 0. The normalized spacial score (nSPS) is 12.1. The number of ether oxygens (including phenoxy) is 1. The van der Waals surface area contributed by atoms with E-state index in [1.165, 1.54) is 6.92 Å². The van der Waals surface area contributed by atoms with Gasteiger partial charge in [-0.25, -0.2) is 4.98 Å². The summed E-state index contributed by atoms with van der Waals surface area (Å²) in [6.45, 7) is 4.86. The highest BCUT2D eigenvalue weighted by Crippen LogP contribution is 2.25. The molecule has 0 spiro atoms. The summed E-state index contributed by atoms with van der Waals surface area (Å²) in [5.41, 5.74) is 2.65. The highest BCUT2D eigenvalue weighted by molar-refractivity contribution is 5.94. The molecule has 1 amide bonds. The molecule has 8 heteroatoms. The largest absolute Gasteiger partial charge is 0.618 e. The van der Waals surface area contributed by atoms with Gasteiger partial charge in [-0.2, -0.15) is 4.73 Å². The van der Waals surface area contributed by atoms with E-state index < -0.39 is 5.91 Å². The van der Waals surface area contributed by atoms with Crippen LogP contribution in [-0.4, -0.2) is 16.9 Å². The highest BCUT2D eigenvalue weighted by atomic mass is 16.5. The first-order valence-corrected chi connectivity index (χ1v) is 9.80. The fourth-order valence-corrected chi connectivity index (χ4v) is 3.45. The van der Waals surface area contributed by atoms with Gasteiger partial charge >= 0.3 is 5.97 Å². The first kappa shape index (κ1) is 20.3. The minimum atomic E-state index is -0.461. The molecule has 0 aliphatic carbocycles. The monoisotopic (exact) mass is 419 g/mol. The maximum Gasteiger partial charge on any atom is 0.303 e. The zero-order valence-electron chi connectivity index (χ0n) is 17.3. The fraction of sp³-hybridized carbons (Fsp3) is 0.217. The van der Waals surface area contributed by atoms with Crippen molar-refractivity contribution < 1.29 is 23.5 Å². The zero-order chi connectivity index (χ0) is 22.1. The van der Waals surface area contributed by atoms with Crippen molar-refractivity contribution in [1.29, 1.82) is 0 Å². The van der Waals surface area contributed by atoms with Crippen LogP contribution in [0.5, 0.6) is 0 Å². The summed E-state index contributed by atoms with van der Waals surface area (Å²) in [5.74, 6) is -0.258. The van der Waals surface area contributed by atoms with Crippen molar-refractivity contribution in [2.24, 2.45) is 0 Å². The van der Waals surface area contributed by atoms with Crippen LogP contribution in [0.3, 0.4) is 0 Å². The summed E-state index contributed by atoms with van der Waals surface area (Å²) in [5, 5.41) is 16.0. The van der Waals surface area contributed by atoms with Gasteiger partial charge in [0.15, 0.2) is 5.69 Å². The van der Waals surface area contributed by atoms with Crippen LogP contribution in [0.4, 0.5) is 0 Å². The lowest BCUT2D eigenvalue weighted by atomic mass is 10.1. The number of nitrogens with zero attached hydrogens (tertiary/aromatic N) is 2. The molecule has 8 nitrogen and oxygen atoms in total. The Morgan fingerprint density at radius 1 is 1.23 bits per heavy atom. The maximum atomic E-state index is 12.7. The van der Waals surface area contributed by atoms with Crippen LogP contribution < -0.4 is 10.0 Å². The van der Waals surface area contributed by atoms with E-state index in [9.17, 15) is 14.8 Å². The molecule has 4 rings (SSSR count). The van der Waals surface area contributed by atoms with E-state index >= 15 is 0 Å². The van der Waals surface area contributed by atoms with Gasteiger partial charge in [0.2, 0.25) is 11.2 Å². The van der Waals surface area contributed by atoms with E-state index in [2.05, 4.69) is 10.3 Å². The molecule has 2 aromatic carbocycles. The number of amides is 1. The molecule has 1 N–H and O–H groups in total. The Balaban J connectivity index is 1.52. The summed E-state index contributed by atoms with van der Waals surface area (Å²) in [6, 6.07) is 14.2. The number of hydrogen-bond donors (Lipinski definition) is 1. The predicted octanol–water partition coefficient (Wildman–Crippen LogP) is 3.48. The molecule has 1 atom stereocenters. The minimum Gasteiger partial charge on any atom is -0.618 e. The molecule has 0 radical (unpaired) electrons. The van der Waals surface area contributed by atoms with Gasteiger partial charge in [-0.05, 0) is 36.8 Å². The second kappa shape index (κ2) is 8.06. The van der Waals surface area contributed by atoms with Crippen molar-refractivity contribution in [3.8, 4) is 0 Å². The average Bonchev–Trinajstić information content (AvgIpc) is 3.16. The topological polar surface area (TPSA) is 108 Å². The van der Waals surface area contributed by atoms with Gasteiger partial charge in [0.25, 0.3) is 5.91 Å². The minimum absolute atomic E-state index is 0.0716. The number of rotatable bonds is 5. The van der Waals surface area contributed by atoms with Gasteiger partial charge in [-0.15, -0.1) is 0 Å². The van der Waals surface area contributed by atoms with Crippen molar-refractivity contribution >= 4 is 33.9 Å². The third-order valence-corrected chi connectivity index (χ3v) is 5.02. The summed E-state index contributed by atoms with van der Waals surface area (Å²) in [4.78, 5) is 28.2. The van der Waals surface area contributed by atoms with Gasteiger partial charge in [-0.1, -0.05) is 18.2 Å². The van der Waals surface area contributed by atoms with E-state index in [1.54, 1.807) is 44.2 Å². The molecule has 158 valence electrons. The molecule has 0 fully saturated rings. The molecule has 0 saturated heterocycles. The van der Waals surface area contributed by atoms with Crippen LogP contribution in [0.2, 0.25) is 0 Å². The second-order valence-electron chi connectivity index (χ2n) is 7.27. The molecule has 2 heterocycles. The first-order chi connectivity index (χ1) is 14.8. The zero-order valence-corrected chi connectivity index (χ0v) is 17.3. The van der Waals surface area contributed by atoms with E-state index in [0.29, 0.717) is 27.1 Å². The van der Waals surface area contributed by atoms with Crippen LogP contribution in [0, 0.1) is 12.1 Å². The number of benzene rings is 2. The Labute approximate surface area is 178 Å². The summed E-state index contributed by atoms with van der Waals surface area (Å²) in [6.07, 6.45) is -0.374. The Kier molecular flexibility index (Phi) is 5.29. The maximum absolute atomic E-state index is 12.7. The number of carbonyl (C=O) groups is 2. The van der Waals surface area contributed by atoms with E-state index in [1.807, 2.05) is 18.2 Å². The number of esters is 1. The Morgan fingerprint density at radius 2 is 2.00 bits per heavy atom. The van der Waals surface area contributed by atoms with Crippen molar-refractivity contribution in [2.45, 2.75) is 33.4 Å². The average molecular weight is 419 g/mol. The SMILES string of the molecule is CC(=O)OC(C)c1ccc2oc(CNC(=O)c3nc4ccccc4[n+]([O-])c3C)cc2c1. The quantitative estimate of drug-likeness (QED) is 0.301. The smallest absolute Gasteiger partial charge is 0.303 e. The van der Waals surface area contributed by atoms with Crippen molar-refractivity contribution in [2.75, 3.05) is 0 Å². The molecular formula is C23H21N3O5. The second-order valence-corrected chi connectivity index (χ2v) is 7.27. The van der Waals surface area contributed by atoms with Crippen molar-refractivity contribution in [3.05, 3.63) is 76.4 Å². The Bertz CT molecular complexity index is 1310. The van der Waals surface area contributed by atoms with Gasteiger partial charge in [-0.3, -0.25) is 9.59 Å². The lowest BCUT2D eigenvalue weighted by molar-refractivity contribution is -0.584.